The third-order valence-electron chi connectivity index (χ3n) is 10.7. The van der Waals surface area contributed by atoms with Crippen molar-refractivity contribution in [3.63, 3.8) is 0 Å². The van der Waals surface area contributed by atoms with Crippen LogP contribution in [-0.4, -0.2) is 61.5 Å². The molecule has 0 saturated heterocycles. The highest BCUT2D eigenvalue weighted by molar-refractivity contribution is 7.91. The van der Waals surface area contributed by atoms with E-state index in [0.717, 1.165) is 43.9 Å². The molecule has 0 spiro atoms. The van der Waals surface area contributed by atoms with E-state index >= 15 is 0 Å². The van der Waals surface area contributed by atoms with E-state index in [9.17, 15) is 41.2 Å². The van der Waals surface area contributed by atoms with Gasteiger partial charge in [0, 0.05) is 11.3 Å². The Kier molecular flexibility index (Phi) is 20.9. The average Bonchev–Trinajstić information content (AvgIpc) is 3.28. The molecule has 0 radical (unpaired) electrons. The summed E-state index contributed by atoms with van der Waals surface area (Å²) in [4.78, 5) is 23.7. The number of hydrogen-bond acceptors (Lipinski definition) is 12. The quantitative estimate of drug-likeness (QED) is 0.0129. The molecule has 0 bridgehead atoms. The summed E-state index contributed by atoms with van der Waals surface area (Å²) < 4.78 is 68.1. The first-order valence-electron chi connectivity index (χ1n) is 22.3. The van der Waals surface area contributed by atoms with Crippen LogP contribution in [-0.2, 0) is 20.0 Å². The molecule has 0 heterocycles. The third-order valence-corrected chi connectivity index (χ3v) is 13.4. The summed E-state index contributed by atoms with van der Waals surface area (Å²) in [5.41, 5.74) is 6.58. The molecule has 0 aliphatic heterocycles. The second kappa shape index (κ2) is 26.2. The zero-order valence-electron chi connectivity index (χ0n) is 37.5. The molecule has 0 saturated carbocycles. The lowest BCUT2D eigenvalue weighted by molar-refractivity contribution is 0.0693. The lowest BCUT2D eigenvalue weighted by Crippen LogP contribution is -2.16. The fourth-order valence-corrected chi connectivity index (χ4v) is 9.18. The predicted molar refractivity (Wildman–Crippen MR) is 256 cm³/mol. The number of ether oxygens (including phenoxy) is 1. The number of aromatic hydroxyl groups is 1. The largest absolute Gasteiger partial charge is 0.507 e. The number of nitrogens with zero attached hydrogens (tertiary/aromatic N) is 2. The molecule has 0 fully saturated rings. The SMILES string of the molecule is CCCCCCCCCCCCCCCCCC(=N\Nc1ccc(OCC)c(S(=O)(=O)O)c1)/C(C)=N\Nc1ccc(NC(=O)c2ccccc2)cc1S(=O)(=O)c1ccc(O)c(C(=O)O)c1. The smallest absolute Gasteiger partial charge is 0.339 e. The second-order valence-electron chi connectivity index (χ2n) is 15.8. The number of sulfone groups is 1. The lowest BCUT2D eigenvalue weighted by atomic mass is 10.0. The molecule has 352 valence electrons. The van der Waals surface area contributed by atoms with E-state index in [1.165, 1.54) is 101 Å². The van der Waals surface area contributed by atoms with E-state index in [4.69, 9.17) is 4.74 Å². The van der Waals surface area contributed by atoms with Crippen molar-refractivity contribution < 1.29 is 45.9 Å². The number of rotatable bonds is 29. The van der Waals surface area contributed by atoms with Crippen molar-refractivity contribution in [2.45, 2.75) is 138 Å². The maximum absolute atomic E-state index is 14.2. The van der Waals surface area contributed by atoms with Crippen molar-refractivity contribution in [1.29, 1.82) is 0 Å². The molecular formula is C48H63N5O10S2. The minimum Gasteiger partial charge on any atom is -0.507 e. The molecule has 65 heavy (non-hydrogen) atoms. The average molecular weight is 934 g/mol. The Bertz CT molecular complexity index is 2480. The van der Waals surface area contributed by atoms with Gasteiger partial charge >= 0.3 is 5.97 Å². The van der Waals surface area contributed by atoms with Gasteiger partial charge in [0.05, 0.1) is 39.2 Å². The molecule has 6 N–H and O–H groups in total. The van der Waals surface area contributed by atoms with Crippen LogP contribution in [0.4, 0.5) is 17.1 Å². The van der Waals surface area contributed by atoms with Gasteiger partial charge in [0.25, 0.3) is 16.0 Å². The van der Waals surface area contributed by atoms with Gasteiger partial charge in [-0.05, 0) is 93.4 Å². The molecule has 1 amide bonds. The topological polar surface area (TPSA) is 233 Å². The molecule has 0 unspecified atom stereocenters. The first-order valence-corrected chi connectivity index (χ1v) is 25.3. The van der Waals surface area contributed by atoms with Crippen LogP contribution in [0, 0.1) is 0 Å². The molecule has 17 heteroatoms. The van der Waals surface area contributed by atoms with E-state index in [1.807, 2.05) is 0 Å². The van der Waals surface area contributed by atoms with Gasteiger partial charge in [-0.2, -0.15) is 18.6 Å². The standard InChI is InChI=1S/C48H63N5O10S2/c1-4-6-7-8-9-10-11-12-13-14-15-16-17-18-22-25-41(52-51-38-27-31-44(63-5-2)46(33-38)65(60,61)62)35(3)50-53-42-29-26-37(49-47(55)36-23-20-19-21-24-36)32-45(42)64(58,59)39-28-30-43(54)40(34-39)48(56)57/h19-21,23-24,26-34,51,53-54H,4-18,22,25H2,1-3H3,(H,49,55)(H,56,57)(H,60,61,62)/b50-35-,52-41+. The number of amides is 1. The highest BCUT2D eigenvalue weighted by Crippen LogP contribution is 2.33. The minimum absolute atomic E-state index is 0.0180. The summed E-state index contributed by atoms with van der Waals surface area (Å²) in [7, 11) is -9.16. The van der Waals surface area contributed by atoms with Crippen LogP contribution >= 0.6 is 0 Å². The second-order valence-corrected chi connectivity index (χ2v) is 19.1. The Hall–Kier alpha value is -5.78. The highest BCUT2D eigenvalue weighted by Gasteiger charge is 2.26. The number of hydrazone groups is 2. The van der Waals surface area contributed by atoms with Crippen molar-refractivity contribution in [1.82, 2.24) is 0 Å². The van der Waals surface area contributed by atoms with Gasteiger partial charge < -0.3 is 20.3 Å². The molecule has 0 atom stereocenters. The molecule has 0 aliphatic rings. The Morgan fingerprint density at radius 1 is 0.662 bits per heavy atom. The Labute approximate surface area is 383 Å². The van der Waals surface area contributed by atoms with Crippen LogP contribution in [0.5, 0.6) is 11.5 Å². The monoisotopic (exact) mass is 933 g/mol. The summed E-state index contributed by atoms with van der Waals surface area (Å²) >= 11 is 0. The van der Waals surface area contributed by atoms with Gasteiger partial charge in [-0.1, -0.05) is 115 Å². The van der Waals surface area contributed by atoms with E-state index < -0.39 is 52.9 Å². The van der Waals surface area contributed by atoms with E-state index in [2.05, 4.69) is 33.3 Å². The minimum atomic E-state index is -4.64. The number of anilines is 3. The predicted octanol–water partition coefficient (Wildman–Crippen LogP) is 11.3. The Morgan fingerprint density at radius 3 is 1.83 bits per heavy atom. The molecule has 0 aromatic heterocycles. The molecule has 15 nitrogen and oxygen atoms in total. The number of carboxylic acids is 1. The summed E-state index contributed by atoms with van der Waals surface area (Å²) in [6, 6.07) is 19.5. The lowest BCUT2D eigenvalue weighted by Gasteiger charge is -2.15. The van der Waals surface area contributed by atoms with Crippen LogP contribution in [0.25, 0.3) is 0 Å². The van der Waals surface area contributed by atoms with E-state index in [1.54, 1.807) is 50.2 Å². The van der Waals surface area contributed by atoms with E-state index in [-0.39, 0.29) is 34.3 Å². The Morgan fingerprint density at radius 2 is 1.25 bits per heavy atom. The van der Waals surface area contributed by atoms with Gasteiger partial charge in [-0.25, -0.2) is 13.2 Å². The number of hydrogen-bond donors (Lipinski definition) is 6. The number of aromatic carboxylic acids is 1. The molecule has 4 aromatic carbocycles. The van der Waals surface area contributed by atoms with Crippen molar-refractivity contribution in [3.8, 4) is 11.5 Å². The summed E-state index contributed by atoms with van der Waals surface area (Å²) in [6.07, 6.45) is 18.4. The van der Waals surface area contributed by atoms with Crippen molar-refractivity contribution in [2.24, 2.45) is 10.2 Å². The number of carbonyl (C=O) groups excluding carboxylic acids is 1. The van der Waals surface area contributed by atoms with Crippen LogP contribution in [0.3, 0.4) is 0 Å². The number of nitrogens with one attached hydrogen (secondary N) is 3. The van der Waals surface area contributed by atoms with Gasteiger partial charge in [-0.3, -0.25) is 20.2 Å². The van der Waals surface area contributed by atoms with Crippen LogP contribution in [0.2, 0.25) is 0 Å². The van der Waals surface area contributed by atoms with Crippen LogP contribution in [0.15, 0.2) is 110 Å². The van der Waals surface area contributed by atoms with Gasteiger partial charge in [0.15, 0.2) is 0 Å². The molecule has 4 aromatic rings. The van der Waals surface area contributed by atoms with Crippen molar-refractivity contribution >= 4 is 60.3 Å². The van der Waals surface area contributed by atoms with Crippen LogP contribution < -0.4 is 20.9 Å². The third kappa shape index (κ3) is 16.6. The van der Waals surface area contributed by atoms with Crippen molar-refractivity contribution in [3.05, 3.63) is 96.1 Å². The summed E-state index contributed by atoms with van der Waals surface area (Å²) in [6.45, 7) is 5.76. The fraction of sp³-hybridized carbons (Fsp3) is 0.417. The van der Waals surface area contributed by atoms with Gasteiger partial charge in [0.2, 0.25) is 9.84 Å². The van der Waals surface area contributed by atoms with E-state index in [0.29, 0.717) is 23.4 Å². The number of phenols is 1. The maximum atomic E-state index is 14.2. The summed E-state index contributed by atoms with van der Waals surface area (Å²) in [5, 5.41) is 31.5. The molecule has 4 rings (SSSR count). The zero-order chi connectivity index (χ0) is 47.2. The maximum Gasteiger partial charge on any atom is 0.339 e. The summed E-state index contributed by atoms with van der Waals surface area (Å²) in [5.74, 6) is -2.67. The number of unbranched alkanes of at least 4 members (excludes halogenated alkanes) is 14. The molecular weight excluding hydrogens is 871 g/mol. The van der Waals surface area contributed by atoms with Crippen molar-refractivity contribution in [2.75, 3.05) is 22.8 Å². The first-order chi connectivity index (χ1) is 31.1. The number of benzene rings is 4. The zero-order valence-corrected chi connectivity index (χ0v) is 39.1. The van der Waals surface area contributed by atoms with Gasteiger partial charge in [-0.15, -0.1) is 0 Å². The number of carbonyl (C=O) groups is 2. The normalized spacial score (nSPS) is 12.2. The molecule has 0 aliphatic carbocycles. The Balaban J connectivity index is 1.56. The first kappa shape index (κ1) is 51.9. The highest BCUT2D eigenvalue weighted by atomic mass is 32.2. The van der Waals surface area contributed by atoms with Gasteiger partial charge in [0.1, 0.15) is 22.0 Å². The van der Waals surface area contributed by atoms with Crippen LogP contribution in [0.1, 0.15) is 144 Å². The fourth-order valence-electron chi connectivity index (χ4n) is 7.06. The number of carboxylic acid groups (broad SMARTS) is 1.